The van der Waals surface area contributed by atoms with E-state index in [-0.39, 0.29) is 43.5 Å². The fourth-order valence-electron chi connectivity index (χ4n) is 4.21. The summed E-state index contributed by atoms with van der Waals surface area (Å²) in [5.74, 6) is -4.23. The van der Waals surface area contributed by atoms with Gasteiger partial charge in [-0.2, -0.15) is 8.78 Å². The molecule has 0 radical (unpaired) electrons. The molecule has 0 spiro atoms. The number of urea groups is 1. The number of rotatable bonds is 12. The number of sulfone groups is 1. The van der Waals surface area contributed by atoms with Gasteiger partial charge in [-0.1, -0.05) is 18.2 Å². The van der Waals surface area contributed by atoms with Crippen molar-refractivity contribution in [1.82, 2.24) is 30.7 Å². The quantitative estimate of drug-likeness (QED) is 0.277. The minimum Gasteiger partial charge on any atom is -0.435 e. The average Bonchev–Trinajstić information content (AvgIpc) is 3.48. The molecule has 3 heterocycles. The maximum atomic E-state index is 13.5. The Balaban J connectivity index is 1.53. The van der Waals surface area contributed by atoms with Crippen LogP contribution in [0.1, 0.15) is 30.1 Å². The summed E-state index contributed by atoms with van der Waals surface area (Å²) in [6.07, 6.45) is 2.99. The van der Waals surface area contributed by atoms with Crippen LogP contribution in [0.4, 0.5) is 13.6 Å². The predicted molar refractivity (Wildman–Crippen MR) is 149 cm³/mol. The molecule has 3 amide bonds. The van der Waals surface area contributed by atoms with E-state index in [1.165, 1.54) is 55.4 Å². The number of morpholine rings is 1. The highest BCUT2D eigenvalue weighted by atomic mass is 32.2. The predicted octanol–water partition coefficient (Wildman–Crippen LogP) is 1.84. The molecule has 1 atom stereocenters. The molecule has 1 fully saturated rings. The number of ketones is 1. The maximum Gasteiger partial charge on any atom is 0.387 e. The molecule has 1 aliphatic heterocycles. The highest BCUT2D eigenvalue weighted by Crippen LogP contribution is 2.23. The first-order valence-corrected chi connectivity index (χ1v) is 15.1. The highest BCUT2D eigenvalue weighted by Gasteiger charge is 2.38. The standard InChI is InChI=1S/C27H30F2N6O8S/c1-27(2,21(36)24-34-33-23(43-24)17-7-5-9-30-14-17)32-22(37)19(31-26(38)35-10-12-41-13-11-35)16-44(39,40)15-18-6-3-4-8-20(18)42-25(28)29/h3-9,14,19,25H,10-13,15-16H2,1-2H3,(H,31,38)(H,32,37). The van der Waals surface area contributed by atoms with Crippen molar-refractivity contribution >= 4 is 27.6 Å². The van der Waals surface area contributed by atoms with Gasteiger partial charge in [0.25, 0.3) is 5.89 Å². The molecule has 44 heavy (non-hydrogen) atoms. The third kappa shape index (κ3) is 8.53. The van der Waals surface area contributed by atoms with E-state index in [4.69, 9.17) is 9.15 Å². The van der Waals surface area contributed by atoms with Gasteiger partial charge in [-0.3, -0.25) is 14.6 Å². The molecule has 1 aromatic carbocycles. The number of aromatic nitrogens is 3. The third-order valence-electron chi connectivity index (χ3n) is 6.43. The molecule has 236 valence electrons. The Labute approximate surface area is 251 Å². The number of alkyl halides is 2. The van der Waals surface area contributed by atoms with E-state index in [1.54, 1.807) is 12.1 Å². The number of carbonyl (C=O) groups is 3. The fraction of sp³-hybridized carbons (Fsp3) is 0.407. The van der Waals surface area contributed by atoms with Crippen molar-refractivity contribution in [2.24, 2.45) is 0 Å². The summed E-state index contributed by atoms with van der Waals surface area (Å²) in [6.45, 7) is 0.386. The van der Waals surface area contributed by atoms with Crippen molar-refractivity contribution in [3.63, 3.8) is 0 Å². The van der Waals surface area contributed by atoms with E-state index >= 15 is 0 Å². The minimum absolute atomic E-state index is 0.0152. The molecule has 3 aromatic rings. The molecule has 0 saturated carbocycles. The number of nitrogens with one attached hydrogen (secondary N) is 2. The van der Waals surface area contributed by atoms with Crippen LogP contribution >= 0.6 is 0 Å². The molecule has 2 N–H and O–H groups in total. The second kappa shape index (κ2) is 13.9. The van der Waals surface area contributed by atoms with Crippen LogP contribution in [-0.4, -0.2) is 96.5 Å². The first kappa shape index (κ1) is 32.4. The van der Waals surface area contributed by atoms with Crippen LogP contribution in [0, 0.1) is 0 Å². The monoisotopic (exact) mass is 636 g/mol. The second-order valence-electron chi connectivity index (χ2n) is 10.2. The summed E-state index contributed by atoms with van der Waals surface area (Å²) in [7, 11) is -4.24. The van der Waals surface area contributed by atoms with Gasteiger partial charge in [-0.05, 0) is 32.0 Å². The van der Waals surface area contributed by atoms with Crippen LogP contribution in [0.25, 0.3) is 11.5 Å². The fourth-order valence-corrected chi connectivity index (χ4v) is 5.79. The number of Topliss-reactive ketones (excluding diaryl/α,β-unsaturated/α-hetero) is 1. The van der Waals surface area contributed by atoms with Gasteiger partial charge in [0.2, 0.25) is 17.6 Å². The van der Waals surface area contributed by atoms with Crippen LogP contribution < -0.4 is 15.4 Å². The van der Waals surface area contributed by atoms with Crippen molar-refractivity contribution in [3.05, 3.63) is 60.2 Å². The van der Waals surface area contributed by atoms with Crippen LogP contribution in [0.15, 0.2) is 53.2 Å². The smallest absolute Gasteiger partial charge is 0.387 e. The second-order valence-corrected chi connectivity index (χ2v) is 12.3. The third-order valence-corrected chi connectivity index (χ3v) is 8.02. The van der Waals surface area contributed by atoms with Gasteiger partial charge in [0.05, 0.1) is 30.3 Å². The molecule has 17 heteroatoms. The normalized spacial score (nSPS) is 14.6. The van der Waals surface area contributed by atoms with Gasteiger partial charge in [-0.25, -0.2) is 13.2 Å². The molecule has 1 unspecified atom stereocenters. The average molecular weight is 637 g/mol. The molecule has 2 aromatic heterocycles. The first-order chi connectivity index (χ1) is 20.8. The Morgan fingerprint density at radius 2 is 1.82 bits per heavy atom. The van der Waals surface area contributed by atoms with E-state index in [2.05, 4.69) is 30.6 Å². The SMILES string of the molecule is CC(C)(NC(=O)C(CS(=O)(=O)Cc1ccccc1OC(F)F)NC(=O)N1CCOCC1)C(=O)c1nnc(-c2cccnc2)o1. The maximum absolute atomic E-state index is 13.5. The zero-order chi connectivity index (χ0) is 31.9. The number of hydrogen-bond donors (Lipinski definition) is 2. The number of ether oxygens (including phenoxy) is 2. The lowest BCUT2D eigenvalue weighted by Gasteiger charge is -2.30. The molecule has 14 nitrogen and oxygen atoms in total. The summed E-state index contributed by atoms with van der Waals surface area (Å²) in [4.78, 5) is 45.0. The lowest BCUT2D eigenvalue weighted by molar-refractivity contribution is -0.123. The lowest BCUT2D eigenvalue weighted by Crippen LogP contribution is -2.60. The van der Waals surface area contributed by atoms with Crippen molar-refractivity contribution in [3.8, 4) is 17.2 Å². The number of nitrogens with zero attached hydrogens (tertiary/aromatic N) is 4. The highest BCUT2D eigenvalue weighted by molar-refractivity contribution is 7.90. The summed E-state index contributed by atoms with van der Waals surface area (Å²) in [5, 5.41) is 12.5. The molecule has 4 rings (SSSR count). The van der Waals surface area contributed by atoms with Gasteiger partial charge in [0.1, 0.15) is 17.3 Å². The van der Waals surface area contributed by atoms with Crippen molar-refractivity contribution in [1.29, 1.82) is 0 Å². The van der Waals surface area contributed by atoms with Crippen LogP contribution in [0.5, 0.6) is 5.75 Å². The summed E-state index contributed by atoms with van der Waals surface area (Å²) < 4.78 is 67.4. The summed E-state index contributed by atoms with van der Waals surface area (Å²) in [5.41, 5.74) is -1.31. The molecular formula is C27H30F2N6O8S. The van der Waals surface area contributed by atoms with E-state index < -0.39 is 63.1 Å². The Hall–Kier alpha value is -4.51. The Bertz CT molecular complexity index is 1580. The number of pyridine rings is 1. The Morgan fingerprint density at radius 1 is 1.09 bits per heavy atom. The zero-order valence-electron chi connectivity index (χ0n) is 23.7. The minimum atomic E-state index is -4.24. The number of carbonyl (C=O) groups excluding carboxylic acids is 3. The van der Waals surface area contributed by atoms with Crippen molar-refractivity contribution < 1.29 is 45.5 Å². The lowest BCUT2D eigenvalue weighted by atomic mass is 9.98. The first-order valence-electron chi connectivity index (χ1n) is 13.3. The summed E-state index contributed by atoms with van der Waals surface area (Å²) >= 11 is 0. The number of para-hydroxylation sites is 1. The van der Waals surface area contributed by atoms with Crippen LogP contribution in [-0.2, 0) is 25.1 Å². The molecular weight excluding hydrogens is 606 g/mol. The van der Waals surface area contributed by atoms with Gasteiger partial charge >= 0.3 is 12.6 Å². The number of amides is 3. The van der Waals surface area contributed by atoms with Gasteiger partial charge in [-0.15, -0.1) is 10.2 Å². The Kier molecular flexibility index (Phi) is 10.2. The topological polar surface area (TPSA) is 183 Å². The van der Waals surface area contributed by atoms with Gasteiger partial charge in [0, 0.05) is 31.0 Å². The van der Waals surface area contributed by atoms with E-state index in [1.807, 2.05) is 0 Å². The van der Waals surface area contributed by atoms with Crippen LogP contribution in [0.2, 0.25) is 0 Å². The zero-order valence-corrected chi connectivity index (χ0v) is 24.6. The van der Waals surface area contributed by atoms with Crippen molar-refractivity contribution in [2.45, 2.75) is 37.8 Å². The van der Waals surface area contributed by atoms with E-state index in [0.717, 1.165) is 0 Å². The molecule has 1 saturated heterocycles. The van der Waals surface area contributed by atoms with Gasteiger partial charge < -0.3 is 29.4 Å². The van der Waals surface area contributed by atoms with Crippen molar-refractivity contribution in [2.75, 3.05) is 32.1 Å². The number of halogens is 2. The number of hydrogen-bond acceptors (Lipinski definition) is 11. The molecule has 0 bridgehead atoms. The van der Waals surface area contributed by atoms with E-state index in [0.29, 0.717) is 5.56 Å². The molecule has 0 aliphatic carbocycles. The Morgan fingerprint density at radius 3 is 2.50 bits per heavy atom. The largest absolute Gasteiger partial charge is 0.435 e. The number of benzene rings is 1. The van der Waals surface area contributed by atoms with Gasteiger partial charge in [0.15, 0.2) is 9.84 Å². The van der Waals surface area contributed by atoms with Crippen LogP contribution in [0.3, 0.4) is 0 Å². The van der Waals surface area contributed by atoms with E-state index in [9.17, 15) is 31.6 Å². The molecule has 1 aliphatic rings. The summed E-state index contributed by atoms with van der Waals surface area (Å²) in [6, 6.07) is 6.19.